The fourth-order valence-electron chi connectivity index (χ4n) is 5.29. The molecule has 2 amide bonds. The van der Waals surface area contributed by atoms with E-state index in [-0.39, 0.29) is 5.91 Å². The molecule has 2 aliphatic rings. The Morgan fingerprint density at radius 2 is 1.64 bits per heavy atom. The topological polar surface area (TPSA) is 64.1 Å². The predicted octanol–water partition coefficient (Wildman–Crippen LogP) is 4.84. The molecule has 1 N–H and O–H groups in total. The first kappa shape index (κ1) is 23.6. The van der Waals surface area contributed by atoms with E-state index in [9.17, 15) is 14.7 Å². The number of nitrogens with zero attached hydrogens (tertiary/aromatic N) is 3. The molecule has 0 aliphatic carbocycles. The number of likely N-dealkylation sites (tertiary alicyclic amines) is 2. The first-order valence-corrected chi connectivity index (χ1v) is 12.0. The fourth-order valence-corrected chi connectivity index (χ4v) is 5.46. The summed E-state index contributed by atoms with van der Waals surface area (Å²) >= 11 is 6.19. The SMILES string of the molecule is Cc1ccc(N(CCCN2CC3CN(C(=O)c4c(C)cccc4C)CC3C2)C(=O)O)cc1Cl. The maximum absolute atomic E-state index is 13.1. The van der Waals surface area contributed by atoms with Gasteiger partial charge < -0.3 is 14.9 Å². The number of benzene rings is 2. The number of carboxylic acid groups (broad SMARTS) is 1. The third kappa shape index (κ3) is 5.02. The highest BCUT2D eigenvalue weighted by molar-refractivity contribution is 6.31. The lowest BCUT2D eigenvalue weighted by Crippen LogP contribution is -2.35. The molecule has 2 aliphatic heterocycles. The fraction of sp³-hybridized carbons (Fsp3) is 0.462. The average molecular weight is 470 g/mol. The Labute approximate surface area is 200 Å². The molecule has 2 unspecified atom stereocenters. The predicted molar refractivity (Wildman–Crippen MR) is 131 cm³/mol. The molecular weight excluding hydrogens is 438 g/mol. The minimum absolute atomic E-state index is 0.153. The normalized spacial score (nSPS) is 20.2. The van der Waals surface area contributed by atoms with Crippen LogP contribution < -0.4 is 4.90 Å². The maximum atomic E-state index is 13.1. The van der Waals surface area contributed by atoms with Crippen LogP contribution in [0.1, 0.15) is 33.5 Å². The third-order valence-corrected chi connectivity index (χ3v) is 7.51. The van der Waals surface area contributed by atoms with Crippen molar-refractivity contribution in [2.45, 2.75) is 27.2 Å². The Balaban J connectivity index is 1.29. The zero-order chi connectivity index (χ0) is 23.7. The minimum Gasteiger partial charge on any atom is -0.465 e. The number of hydrogen-bond donors (Lipinski definition) is 1. The van der Waals surface area contributed by atoms with Crippen molar-refractivity contribution in [3.05, 3.63) is 63.7 Å². The average Bonchev–Trinajstić information content (AvgIpc) is 3.32. The molecule has 4 rings (SSSR count). The van der Waals surface area contributed by atoms with Gasteiger partial charge in [-0.2, -0.15) is 0 Å². The highest BCUT2D eigenvalue weighted by Gasteiger charge is 2.41. The third-order valence-electron chi connectivity index (χ3n) is 7.10. The summed E-state index contributed by atoms with van der Waals surface area (Å²) in [7, 11) is 0. The molecule has 2 fully saturated rings. The van der Waals surface area contributed by atoms with Crippen molar-refractivity contribution in [3.63, 3.8) is 0 Å². The molecule has 2 heterocycles. The Hall–Kier alpha value is -2.57. The van der Waals surface area contributed by atoms with Crippen LogP contribution in [0.5, 0.6) is 0 Å². The zero-order valence-corrected chi connectivity index (χ0v) is 20.3. The largest absolute Gasteiger partial charge is 0.465 e. The molecule has 33 heavy (non-hydrogen) atoms. The minimum atomic E-state index is -0.964. The molecule has 2 saturated heterocycles. The van der Waals surface area contributed by atoms with E-state index in [1.165, 1.54) is 4.90 Å². The van der Waals surface area contributed by atoms with Crippen LogP contribution in [0.4, 0.5) is 10.5 Å². The van der Waals surface area contributed by atoms with Crippen molar-refractivity contribution in [1.29, 1.82) is 0 Å². The summed E-state index contributed by atoms with van der Waals surface area (Å²) in [6.07, 6.45) is -0.212. The standard InChI is InChI=1S/C26H32ClN3O3/c1-17-8-9-22(12-23(17)27)30(26(32)33)11-5-10-28-13-20-15-29(16-21(20)14-28)25(31)24-18(2)6-4-7-19(24)3/h4,6-9,12,20-21H,5,10-11,13-16H2,1-3H3,(H,32,33). The van der Waals surface area contributed by atoms with Crippen molar-refractivity contribution in [2.24, 2.45) is 11.8 Å². The van der Waals surface area contributed by atoms with Gasteiger partial charge in [-0.1, -0.05) is 35.9 Å². The lowest BCUT2D eigenvalue weighted by atomic mass is 10.0. The molecule has 2 aromatic carbocycles. The van der Waals surface area contributed by atoms with Gasteiger partial charge in [-0.15, -0.1) is 0 Å². The summed E-state index contributed by atoms with van der Waals surface area (Å²) in [4.78, 5) is 30.7. The van der Waals surface area contributed by atoms with E-state index in [1.54, 1.807) is 12.1 Å². The molecule has 2 atom stereocenters. The number of hydrogen-bond acceptors (Lipinski definition) is 3. The lowest BCUT2D eigenvalue weighted by molar-refractivity contribution is 0.0772. The van der Waals surface area contributed by atoms with Crippen molar-refractivity contribution in [3.8, 4) is 0 Å². The van der Waals surface area contributed by atoms with Crippen molar-refractivity contribution in [1.82, 2.24) is 9.80 Å². The number of halogens is 1. The highest BCUT2D eigenvalue weighted by Crippen LogP contribution is 2.33. The second-order valence-electron chi connectivity index (χ2n) is 9.48. The number of carbonyl (C=O) groups is 2. The van der Waals surface area contributed by atoms with Gasteiger partial charge in [-0.05, 0) is 74.4 Å². The molecule has 0 bridgehead atoms. The molecule has 0 saturated carbocycles. The number of carbonyl (C=O) groups excluding carboxylic acids is 1. The molecule has 176 valence electrons. The monoisotopic (exact) mass is 469 g/mol. The van der Waals surface area contributed by atoms with E-state index in [0.29, 0.717) is 29.1 Å². The van der Waals surface area contributed by atoms with Crippen LogP contribution in [0.2, 0.25) is 5.02 Å². The van der Waals surface area contributed by atoms with E-state index in [1.807, 2.05) is 49.9 Å². The van der Waals surface area contributed by atoms with E-state index in [4.69, 9.17) is 11.6 Å². The summed E-state index contributed by atoms with van der Waals surface area (Å²) in [6.45, 7) is 10.7. The Kier molecular flexibility index (Phi) is 6.96. The second-order valence-corrected chi connectivity index (χ2v) is 9.89. The van der Waals surface area contributed by atoms with E-state index in [0.717, 1.165) is 61.4 Å². The van der Waals surface area contributed by atoms with Crippen LogP contribution >= 0.6 is 11.6 Å². The molecule has 2 aromatic rings. The summed E-state index contributed by atoms with van der Waals surface area (Å²) in [5.41, 5.74) is 4.46. The van der Waals surface area contributed by atoms with E-state index in [2.05, 4.69) is 4.90 Å². The van der Waals surface area contributed by atoms with E-state index < -0.39 is 6.09 Å². The summed E-state index contributed by atoms with van der Waals surface area (Å²) in [6, 6.07) is 11.4. The maximum Gasteiger partial charge on any atom is 0.411 e. The number of amides is 2. The van der Waals surface area contributed by atoms with Gasteiger partial charge in [0.15, 0.2) is 0 Å². The van der Waals surface area contributed by atoms with Crippen LogP contribution in [0.15, 0.2) is 36.4 Å². The van der Waals surface area contributed by atoms with Gasteiger partial charge >= 0.3 is 6.09 Å². The molecule has 6 nitrogen and oxygen atoms in total. The molecular formula is C26H32ClN3O3. The molecule has 7 heteroatoms. The van der Waals surface area contributed by atoms with Crippen LogP contribution in [-0.4, -0.2) is 66.2 Å². The smallest absolute Gasteiger partial charge is 0.411 e. The zero-order valence-electron chi connectivity index (χ0n) is 19.6. The number of fused-ring (bicyclic) bond motifs is 1. The van der Waals surface area contributed by atoms with Crippen molar-refractivity contribution in [2.75, 3.05) is 44.2 Å². The summed E-state index contributed by atoms with van der Waals surface area (Å²) in [5, 5.41) is 10.2. The molecule has 0 spiro atoms. The van der Waals surface area contributed by atoms with Crippen LogP contribution in [0, 0.1) is 32.6 Å². The number of rotatable bonds is 6. The van der Waals surface area contributed by atoms with Crippen molar-refractivity contribution < 1.29 is 14.7 Å². The van der Waals surface area contributed by atoms with Crippen LogP contribution in [0.3, 0.4) is 0 Å². The summed E-state index contributed by atoms with van der Waals surface area (Å²) in [5.74, 6) is 1.13. The number of aryl methyl sites for hydroxylation is 3. The van der Waals surface area contributed by atoms with E-state index >= 15 is 0 Å². The van der Waals surface area contributed by atoms with Gasteiger partial charge in [0, 0.05) is 49.0 Å². The Morgan fingerprint density at radius 1 is 1.00 bits per heavy atom. The first-order chi connectivity index (χ1) is 15.7. The van der Waals surface area contributed by atoms with Gasteiger partial charge in [0.2, 0.25) is 0 Å². The highest BCUT2D eigenvalue weighted by atomic mass is 35.5. The second kappa shape index (κ2) is 9.74. The van der Waals surface area contributed by atoms with Crippen LogP contribution in [0.25, 0.3) is 0 Å². The van der Waals surface area contributed by atoms with Gasteiger partial charge in [0.05, 0.1) is 0 Å². The quantitative estimate of drug-likeness (QED) is 0.657. The van der Waals surface area contributed by atoms with Gasteiger partial charge in [-0.25, -0.2) is 4.79 Å². The Morgan fingerprint density at radius 3 is 2.21 bits per heavy atom. The molecule has 0 radical (unpaired) electrons. The number of anilines is 1. The van der Waals surface area contributed by atoms with Gasteiger partial charge in [-0.3, -0.25) is 9.69 Å². The molecule has 0 aromatic heterocycles. The van der Waals surface area contributed by atoms with Gasteiger partial charge in [0.25, 0.3) is 5.91 Å². The summed E-state index contributed by atoms with van der Waals surface area (Å²) < 4.78 is 0. The first-order valence-electron chi connectivity index (χ1n) is 11.6. The van der Waals surface area contributed by atoms with Crippen molar-refractivity contribution >= 4 is 29.3 Å². The Bertz CT molecular complexity index is 1020. The van der Waals surface area contributed by atoms with Gasteiger partial charge in [0.1, 0.15) is 0 Å². The van der Waals surface area contributed by atoms with Crippen LogP contribution in [-0.2, 0) is 0 Å². The lowest BCUT2D eigenvalue weighted by Gasteiger charge is -2.24.